The molecule has 0 bridgehead atoms. The van der Waals surface area contributed by atoms with Crippen molar-refractivity contribution in [1.82, 2.24) is 10.2 Å². The van der Waals surface area contributed by atoms with Crippen LogP contribution in [-0.2, 0) is 15.1 Å². The Hall–Kier alpha value is -3.35. The number of carbonyl (C=O) groups is 3. The summed E-state index contributed by atoms with van der Waals surface area (Å²) in [5.41, 5.74) is 1.77. The zero-order valence-electron chi connectivity index (χ0n) is 16.3. The first kappa shape index (κ1) is 19.4. The summed E-state index contributed by atoms with van der Waals surface area (Å²) >= 11 is 0. The van der Waals surface area contributed by atoms with Gasteiger partial charge in [0, 0.05) is 11.3 Å². The van der Waals surface area contributed by atoms with Gasteiger partial charge in [0.15, 0.2) is 0 Å². The van der Waals surface area contributed by atoms with Crippen LogP contribution in [0.15, 0.2) is 42.5 Å². The molecule has 1 atom stereocenters. The zero-order chi connectivity index (χ0) is 20.5. The van der Waals surface area contributed by atoms with Crippen LogP contribution in [0.1, 0.15) is 23.6 Å². The largest absolute Gasteiger partial charge is 0.496 e. The molecule has 1 aliphatic heterocycles. The van der Waals surface area contributed by atoms with E-state index in [1.807, 2.05) is 38.1 Å². The average molecular weight is 381 g/mol. The highest BCUT2D eigenvalue weighted by Crippen LogP contribution is 2.35. The molecule has 0 spiro atoms. The van der Waals surface area contributed by atoms with Crippen molar-refractivity contribution < 1.29 is 19.1 Å². The number of benzene rings is 2. The number of nitrogens with zero attached hydrogens (tertiary/aromatic N) is 1. The fourth-order valence-corrected chi connectivity index (χ4v) is 3.30. The second-order valence-corrected chi connectivity index (χ2v) is 7.07. The number of rotatable bonds is 5. The lowest BCUT2D eigenvalue weighted by atomic mass is 9.90. The fraction of sp³-hybridized carbons (Fsp3) is 0.286. The molecule has 0 saturated carbocycles. The van der Waals surface area contributed by atoms with Gasteiger partial charge in [-0.1, -0.05) is 23.8 Å². The van der Waals surface area contributed by atoms with Crippen molar-refractivity contribution in [3.05, 3.63) is 59.2 Å². The van der Waals surface area contributed by atoms with Gasteiger partial charge in [-0.2, -0.15) is 0 Å². The van der Waals surface area contributed by atoms with Crippen LogP contribution in [0.3, 0.4) is 0 Å². The number of methoxy groups -OCH3 is 1. The molecule has 0 radical (unpaired) electrons. The van der Waals surface area contributed by atoms with Gasteiger partial charge in [-0.05, 0) is 50.6 Å². The summed E-state index contributed by atoms with van der Waals surface area (Å²) < 4.78 is 5.37. The minimum atomic E-state index is -1.31. The third-order valence-electron chi connectivity index (χ3n) is 4.77. The van der Waals surface area contributed by atoms with Crippen LogP contribution < -0.4 is 15.4 Å². The molecule has 3 rings (SSSR count). The first-order valence-corrected chi connectivity index (χ1v) is 8.90. The maximum absolute atomic E-state index is 13.1. The maximum atomic E-state index is 13.1. The molecule has 2 N–H and O–H groups in total. The van der Waals surface area contributed by atoms with E-state index in [0.717, 1.165) is 16.0 Å². The topological polar surface area (TPSA) is 87.7 Å². The minimum Gasteiger partial charge on any atom is -0.496 e. The molecule has 1 fully saturated rings. The second kappa shape index (κ2) is 7.34. The Morgan fingerprint density at radius 3 is 2.54 bits per heavy atom. The summed E-state index contributed by atoms with van der Waals surface area (Å²) in [6.07, 6.45) is 0. The van der Waals surface area contributed by atoms with E-state index < -0.39 is 23.4 Å². The monoisotopic (exact) mass is 381 g/mol. The van der Waals surface area contributed by atoms with E-state index in [1.54, 1.807) is 25.1 Å². The molecular weight excluding hydrogens is 358 g/mol. The number of aryl methyl sites for hydroxylation is 2. The van der Waals surface area contributed by atoms with E-state index in [2.05, 4.69) is 10.6 Å². The predicted octanol–water partition coefficient (Wildman–Crippen LogP) is 2.72. The van der Waals surface area contributed by atoms with Gasteiger partial charge in [-0.25, -0.2) is 4.79 Å². The van der Waals surface area contributed by atoms with Crippen molar-refractivity contribution >= 4 is 23.5 Å². The molecule has 2 aromatic rings. The molecule has 7 nitrogen and oxygen atoms in total. The van der Waals surface area contributed by atoms with E-state index in [-0.39, 0.29) is 6.54 Å². The first-order chi connectivity index (χ1) is 13.2. The maximum Gasteiger partial charge on any atom is 0.325 e. The van der Waals surface area contributed by atoms with Crippen LogP contribution in [0.2, 0.25) is 0 Å². The fourth-order valence-electron chi connectivity index (χ4n) is 3.30. The van der Waals surface area contributed by atoms with Gasteiger partial charge >= 0.3 is 6.03 Å². The Kier molecular flexibility index (Phi) is 5.09. The normalized spacial score (nSPS) is 18.8. The van der Waals surface area contributed by atoms with Gasteiger partial charge in [0.2, 0.25) is 5.91 Å². The summed E-state index contributed by atoms with van der Waals surface area (Å²) in [6.45, 7) is 5.04. The molecule has 1 heterocycles. The Labute approximate surface area is 163 Å². The molecule has 1 aliphatic rings. The van der Waals surface area contributed by atoms with Crippen LogP contribution in [0.5, 0.6) is 5.75 Å². The average Bonchev–Trinajstić information content (AvgIpc) is 2.85. The summed E-state index contributed by atoms with van der Waals surface area (Å²) in [5.74, 6) is -0.455. The third kappa shape index (κ3) is 3.55. The quantitative estimate of drug-likeness (QED) is 0.780. The third-order valence-corrected chi connectivity index (χ3v) is 4.77. The lowest BCUT2D eigenvalue weighted by molar-refractivity contribution is -0.133. The lowest BCUT2D eigenvalue weighted by Gasteiger charge is -2.24. The summed E-state index contributed by atoms with van der Waals surface area (Å²) in [5, 5.41) is 5.42. The van der Waals surface area contributed by atoms with Gasteiger partial charge in [0.1, 0.15) is 17.8 Å². The van der Waals surface area contributed by atoms with E-state index in [1.165, 1.54) is 7.11 Å². The smallest absolute Gasteiger partial charge is 0.325 e. The number of anilines is 1. The number of urea groups is 1. The molecule has 7 heteroatoms. The Bertz CT molecular complexity index is 956. The number of nitrogens with one attached hydrogen (secondary N) is 2. The lowest BCUT2D eigenvalue weighted by Crippen LogP contribution is -2.42. The van der Waals surface area contributed by atoms with Crippen molar-refractivity contribution in [1.29, 1.82) is 0 Å². The number of hydrogen-bond donors (Lipinski definition) is 2. The van der Waals surface area contributed by atoms with Crippen LogP contribution in [-0.4, -0.2) is 36.4 Å². The second-order valence-electron chi connectivity index (χ2n) is 7.07. The van der Waals surface area contributed by atoms with E-state index in [4.69, 9.17) is 4.74 Å². The highest BCUT2D eigenvalue weighted by atomic mass is 16.5. The van der Waals surface area contributed by atoms with Gasteiger partial charge < -0.3 is 15.4 Å². The van der Waals surface area contributed by atoms with E-state index >= 15 is 0 Å². The summed E-state index contributed by atoms with van der Waals surface area (Å²) in [4.78, 5) is 38.8. The Morgan fingerprint density at radius 2 is 1.86 bits per heavy atom. The van der Waals surface area contributed by atoms with Gasteiger partial charge in [-0.3, -0.25) is 14.5 Å². The van der Waals surface area contributed by atoms with Crippen molar-refractivity contribution in [3.63, 3.8) is 0 Å². The van der Waals surface area contributed by atoms with Crippen LogP contribution >= 0.6 is 0 Å². The van der Waals surface area contributed by atoms with Crippen molar-refractivity contribution in [3.8, 4) is 5.75 Å². The number of ether oxygens (including phenoxy) is 1. The molecule has 28 heavy (non-hydrogen) atoms. The van der Waals surface area contributed by atoms with Crippen LogP contribution in [0, 0.1) is 13.8 Å². The Balaban J connectivity index is 1.82. The van der Waals surface area contributed by atoms with Crippen molar-refractivity contribution in [2.24, 2.45) is 0 Å². The van der Waals surface area contributed by atoms with Gasteiger partial charge in [-0.15, -0.1) is 0 Å². The van der Waals surface area contributed by atoms with Crippen molar-refractivity contribution in [2.45, 2.75) is 26.3 Å². The van der Waals surface area contributed by atoms with Gasteiger partial charge in [0.05, 0.1) is 7.11 Å². The highest BCUT2D eigenvalue weighted by Gasteiger charge is 2.50. The van der Waals surface area contributed by atoms with Crippen LogP contribution in [0.4, 0.5) is 10.5 Å². The molecule has 4 amide bonds. The highest BCUT2D eigenvalue weighted by molar-refractivity contribution is 6.10. The first-order valence-electron chi connectivity index (χ1n) is 8.90. The minimum absolute atomic E-state index is 0.373. The standard InChI is InChI=1S/C21H23N3O4/c1-13-6-5-7-15(10-13)22-18(25)12-24-19(26)21(3,23-20(24)27)16-11-14(2)8-9-17(16)28-4/h5-11H,12H2,1-4H3,(H,22,25)(H,23,27). The SMILES string of the molecule is COc1ccc(C)cc1C1(C)NC(=O)N(CC(=O)Nc2cccc(C)c2)C1=O. The zero-order valence-corrected chi connectivity index (χ0v) is 16.3. The molecule has 2 aromatic carbocycles. The molecule has 146 valence electrons. The van der Waals surface area contributed by atoms with E-state index in [9.17, 15) is 14.4 Å². The van der Waals surface area contributed by atoms with Gasteiger partial charge in [0.25, 0.3) is 5.91 Å². The number of imide groups is 1. The molecule has 1 unspecified atom stereocenters. The predicted molar refractivity (Wildman–Crippen MR) is 105 cm³/mol. The number of amides is 4. The molecule has 1 saturated heterocycles. The summed E-state index contributed by atoms with van der Waals surface area (Å²) in [7, 11) is 1.51. The number of hydrogen-bond acceptors (Lipinski definition) is 4. The Morgan fingerprint density at radius 1 is 1.14 bits per heavy atom. The van der Waals surface area contributed by atoms with Crippen LogP contribution in [0.25, 0.3) is 0 Å². The van der Waals surface area contributed by atoms with Crippen molar-refractivity contribution in [2.75, 3.05) is 19.0 Å². The number of carbonyl (C=O) groups excluding carboxylic acids is 3. The molecule has 0 aromatic heterocycles. The summed E-state index contributed by atoms with van der Waals surface area (Å²) in [6, 6.07) is 12.1. The van der Waals surface area contributed by atoms with E-state index in [0.29, 0.717) is 17.0 Å². The molecular formula is C21H23N3O4. The molecule has 0 aliphatic carbocycles.